The van der Waals surface area contributed by atoms with Crippen LogP contribution in [0.5, 0.6) is 0 Å². The van der Waals surface area contributed by atoms with Crippen LogP contribution < -0.4 is 4.72 Å². The summed E-state index contributed by atoms with van der Waals surface area (Å²) >= 11 is -0.948. The van der Waals surface area contributed by atoms with E-state index in [0.717, 1.165) is 17.0 Å². The fourth-order valence-electron chi connectivity index (χ4n) is 1.05. The zero-order valence-electron chi connectivity index (χ0n) is 8.49. The molecule has 0 bridgehead atoms. The Labute approximate surface area is 88.3 Å². The van der Waals surface area contributed by atoms with Gasteiger partial charge in [0, 0.05) is 5.56 Å². The molecule has 1 aromatic carbocycles. The van der Waals surface area contributed by atoms with E-state index in [4.69, 9.17) is 0 Å². The molecule has 0 saturated carbocycles. The highest BCUT2D eigenvalue weighted by molar-refractivity contribution is 7.89. The van der Waals surface area contributed by atoms with Crippen molar-refractivity contribution in [3.8, 4) is 0 Å². The van der Waals surface area contributed by atoms with E-state index >= 15 is 0 Å². The Morgan fingerprint density at radius 3 is 2.50 bits per heavy atom. The first-order valence-electron chi connectivity index (χ1n) is 4.60. The maximum absolute atomic E-state index is 11.1. The molecule has 14 heavy (non-hydrogen) atoms. The molecule has 3 heteroatoms. The molecule has 2 nitrogen and oxygen atoms in total. The summed E-state index contributed by atoms with van der Waals surface area (Å²) in [6, 6.07) is 7.76. The van der Waals surface area contributed by atoms with Crippen molar-refractivity contribution < 1.29 is 4.55 Å². The van der Waals surface area contributed by atoms with Gasteiger partial charge in [0.1, 0.15) is 0 Å². The van der Waals surface area contributed by atoms with Crippen LogP contribution in [0.3, 0.4) is 0 Å². The average Bonchev–Trinajstić information content (AvgIpc) is 2.62. The highest BCUT2D eigenvalue weighted by Crippen LogP contribution is 2.20. The van der Waals surface area contributed by atoms with Crippen molar-refractivity contribution in [2.24, 2.45) is 0 Å². The lowest BCUT2D eigenvalue weighted by Crippen LogP contribution is -2.13. The second kappa shape index (κ2) is 5.86. The van der Waals surface area contributed by atoms with Gasteiger partial charge in [-0.25, -0.2) is 0 Å². The molecular weight excluding hydrogens is 194 g/mol. The topological polar surface area (TPSA) is 35.1 Å². The summed E-state index contributed by atoms with van der Waals surface area (Å²) in [6.07, 6.45) is 4.00. The predicted molar refractivity (Wildman–Crippen MR) is 60.2 cm³/mol. The predicted octanol–water partition coefficient (Wildman–Crippen LogP) is 2.39. The van der Waals surface area contributed by atoms with Crippen molar-refractivity contribution in [2.45, 2.75) is 25.3 Å². The summed E-state index contributed by atoms with van der Waals surface area (Å²) in [7, 11) is 0. The number of hydrogen-bond donors (Lipinski definition) is 1. The third kappa shape index (κ3) is 2.87. The van der Waals surface area contributed by atoms with Crippen molar-refractivity contribution in [1.29, 1.82) is 0 Å². The van der Waals surface area contributed by atoms with Crippen LogP contribution in [0, 0.1) is 0 Å². The van der Waals surface area contributed by atoms with E-state index in [1.165, 1.54) is 0 Å². The molecule has 0 spiro atoms. The Bertz CT molecular complexity index is 308. The highest BCUT2D eigenvalue weighted by Gasteiger charge is 2.22. The lowest BCUT2D eigenvalue weighted by molar-refractivity contribution is 0.588. The Morgan fingerprint density at radius 2 is 1.93 bits per heavy atom. The van der Waals surface area contributed by atoms with Crippen molar-refractivity contribution in [1.82, 2.24) is 4.72 Å². The van der Waals surface area contributed by atoms with Crippen molar-refractivity contribution >= 4 is 11.4 Å². The van der Waals surface area contributed by atoms with E-state index in [1.54, 1.807) is 0 Å². The molecule has 0 saturated heterocycles. The first-order valence-corrected chi connectivity index (χ1v) is 5.75. The minimum atomic E-state index is -0.948. The van der Waals surface area contributed by atoms with E-state index < -0.39 is 11.4 Å². The third-order valence-corrected chi connectivity index (χ3v) is 3.10. The summed E-state index contributed by atoms with van der Waals surface area (Å²) in [5, 5.41) is 0. The molecule has 2 rings (SSSR count). The molecule has 1 aromatic rings. The molecular formula is C11H15NOS. The fourth-order valence-corrected chi connectivity index (χ4v) is 2.07. The van der Waals surface area contributed by atoms with Gasteiger partial charge in [0.25, 0.3) is 0 Å². The lowest BCUT2D eigenvalue weighted by atomic mass is 10.2. The molecule has 0 aromatic heterocycles. The van der Waals surface area contributed by atoms with Gasteiger partial charge in [-0.15, -0.1) is 4.72 Å². The van der Waals surface area contributed by atoms with Crippen LogP contribution in [0.25, 0.3) is 0 Å². The van der Waals surface area contributed by atoms with E-state index in [0.29, 0.717) is 0 Å². The van der Waals surface area contributed by atoms with E-state index in [-0.39, 0.29) is 0 Å². The molecule has 0 fully saturated rings. The monoisotopic (exact) mass is 209 g/mol. The summed E-state index contributed by atoms with van der Waals surface area (Å²) in [5.41, 5.74) is 1.15. The van der Waals surface area contributed by atoms with Gasteiger partial charge in [-0.2, -0.15) is 0 Å². The van der Waals surface area contributed by atoms with E-state index in [2.05, 4.69) is 4.72 Å². The number of hydrogen-bond acceptors (Lipinski definition) is 2. The molecule has 0 radical (unpaired) electrons. The minimum absolute atomic E-state index is 0.739. The largest absolute Gasteiger partial charge is 0.593 e. The number of rotatable bonds is 0. The number of benzene rings is 1. The summed E-state index contributed by atoms with van der Waals surface area (Å²) < 4.78 is 13.9. The van der Waals surface area contributed by atoms with Crippen molar-refractivity contribution in [2.75, 3.05) is 0 Å². The van der Waals surface area contributed by atoms with E-state index in [9.17, 15) is 4.55 Å². The number of nitrogens with one attached hydrogen (secondary N) is 1. The second-order valence-electron chi connectivity index (χ2n) is 2.86. The summed E-state index contributed by atoms with van der Waals surface area (Å²) in [5.74, 6) is 0. The maximum atomic E-state index is 11.1. The first-order chi connectivity index (χ1) is 6.79. The van der Waals surface area contributed by atoms with Gasteiger partial charge in [0.2, 0.25) is 0 Å². The minimum Gasteiger partial charge on any atom is -0.593 e. The zero-order chi connectivity index (χ0) is 10.4. The van der Waals surface area contributed by atoms with Crippen LogP contribution in [-0.2, 0) is 17.9 Å². The maximum Gasteiger partial charge on any atom is 0.178 e. The molecule has 0 aliphatic carbocycles. The van der Waals surface area contributed by atoms with Gasteiger partial charge >= 0.3 is 0 Å². The van der Waals surface area contributed by atoms with Crippen molar-refractivity contribution in [3.63, 3.8) is 0 Å². The van der Waals surface area contributed by atoms with Crippen LogP contribution in [-0.4, -0.2) is 4.55 Å². The summed E-state index contributed by atoms with van der Waals surface area (Å²) in [4.78, 5) is 0.933. The molecule has 1 heterocycles. The molecule has 1 atom stereocenters. The van der Waals surface area contributed by atoms with Crippen LogP contribution in [0.2, 0.25) is 0 Å². The first kappa shape index (κ1) is 11.3. The zero-order valence-corrected chi connectivity index (χ0v) is 9.30. The highest BCUT2D eigenvalue weighted by atomic mass is 32.2. The normalized spacial score (nSPS) is 18.9. The smallest absolute Gasteiger partial charge is 0.178 e. The van der Waals surface area contributed by atoms with Gasteiger partial charge in [0.05, 0.1) is 17.9 Å². The fraction of sp³-hybridized carbons (Fsp3) is 0.273. The number of allylic oxidation sites excluding steroid dienone is 2. The molecule has 0 amide bonds. The Hall–Kier alpha value is -0.770. The van der Waals surface area contributed by atoms with Crippen molar-refractivity contribution in [3.05, 3.63) is 42.0 Å². The Kier molecular flexibility index (Phi) is 4.73. The number of fused-ring (bicyclic) bond motifs is 1. The van der Waals surface area contributed by atoms with Crippen LogP contribution >= 0.6 is 0 Å². The van der Waals surface area contributed by atoms with Gasteiger partial charge in [-0.1, -0.05) is 30.4 Å². The third-order valence-electron chi connectivity index (χ3n) is 1.90. The quantitative estimate of drug-likeness (QED) is 0.526. The van der Waals surface area contributed by atoms with Crippen LogP contribution in [0.4, 0.5) is 0 Å². The standard InChI is InChI=1S/C7H7NOS.C4H8/c9-10-7-4-2-1-3-6(7)5-8-10;1-3-4-2/h1-4,8H,5H2;3-4H,1-2H3. The Morgan fingerprint density at radius 1 is 1.29 bits per heavy atom. The molecule has 76 valence electrons. The lowest BCUT2D eigenvalue weighted by Gasteiger charge is -1.99. The van der Waals surface area contributed by atoms with Crippen LogP contribution in [0.1, 0.15) is 19.4 Å². The van der Waals surface area contributed by atoms with Gasteiger partial charge in [-0.3, -0.25) is 0 Å². The second-order valence-corrected chi connectivity index (χ2v) is 4.13. The molecule has 1 N–H and O–H groups in total. The van der Waals surface area contributed by atoms with Gasteiger partial charge < -0.3 is 4.55 Å². The summed E-state index contributed by atoms with van der Waals surface area (Å²) in [6.45, 7) is 4.74. The van der Waals surface area contributed by atoms with Gasteiger partial charge in [-0.05, 0) is 19.9 Å². The Balaban J connectivity index is 0.000000213. The van der Waals surface area contributed by atoms with Crippen LogP contribution in [0.15, 0.2) is 41.3 Å². The molecule has 1 aliphatic rings. The molecule has 1 unspecified atom stereocenters. The van der Waals surface area contributed by atoms with Gasteiger partial charge in [0.15, 0.2) is 4.90 Å². The van der Waals surface area contributed by atoms with E-state index in [1.807, 2.05) is 50.3 Å². The molecule has 1 aliphatic heterocycles. The average molecular weight is 209 g/mol. The SMILES string of the molecule is CC=CC.[O-][S+]1NCc2ccccc21.